The van der Waals surface area contributed by atoms with Gasteiger partial charge in [0, 0.05) is 16.6 Å². The molecule has 5 nitrogen and oxygen atoms in total. The van der Waals surface area contributed by atoms with Crippen LogP contribution in [0.5, 0.6) is 11.5 Å². The van der Waals surface area contributed by atoms with Gasteiger partial charge in [-0.2, -0.15) is 0 Å². The SMILES string of the molecule is C=CCN1C(=O)S/C(=C/c2cc(OC)c(OCc3ccccc3F)cc2Br)C1=O. The number of ether oxygens (including phenoxy) is 2. The molecule has 0 atom stereocenters. The van der Waals surface area contributed by atoms with E-state index >= 15 is 0 Å². The zero-order valence-electron chi connectivity index (χ0n) is 15.5. The summed E-state index contributed by atoms with van der Waals surface area (Å²) in [4.78, 5) is 25.8. The zero-order chi connectivity index (χ0) is 21.0. The lowest BCUT2D eigenvalue weighted by molar-refractivity contribution is -0.122. The third-order valence-electron chi connectivity index (χ3n) is 4.10. The molecule has 0 aliphatic carbocycles. The quantitative estimate of drug-likeness (QED) is 0.394. The standard InChI is InChI=1S/C21H17BrFNO4S/c1-3-8-24-20(25)19(29-21(24)26)10-14-9-17(27-2)18(11-15(14)22)28-12-13-6-4-5-7-16(13)23/h3-7,9-11H,1,8,12H2,2H3/b19-10+. The fraction of sp³-hybridized carbons (Fsp3) is 0.143. The van der Waals surface area contributed by atoms with E-state index in [2.05, 4.69) is 22.5 Å². The first-order chi connectivity index (χ1) is 13.9. The monoisotopic (exact) mass is 477 g/mol. The first-order valence-corrected chi connectivity index (χ1v) is 10.2. The van der Waals surface area contributed by atoms with Gasteiger partial charge in [-0.1, -0.05) is 40.2 Å². The molecule has 3 rings (SSSR count). The van der Waals surface area contributed by atoms with Crippen LogP contribution in [0.2, 0.25) is 0 Å². The van der Waals surface area contributed by atoms with Crippen molar-refractivity contribution < 1.29 is 23.5 Å². The molecular weight excluding hydrogens is 461 g/mol. The Morgan fingerprint density at radius 3 is 2.69 bits per heavy atom. The molecular formula is C21H17BrFNO4S. The van der Waals surface area contributed by atoms with E-state index < -0.39 is 0 Å². The number of imide groups is 1. The molecule has 8 heteroatoms. The van der Waals surface area contributed by atoms with Gasteiger partial charge in [-0.15, -0.1) is 6.58 Å². The minimum Gasteiger partial charge on any atom is -0.493 e. The van der Waals surface area contributed by atoms with Gasteiger partial charge in [-0.25, -0.2) is 4.39 Å². The second-order valence-electron chi connectivity index (χ2n) is 5.99. The third-order valence-corrected chi connectivity index (χ3v) is 5.69. The Hall–Kier alpha value is -2.58. The second kappa shape index (κ2) is 9.28. The van der Waals surface area contributed by atoms with Crippen molar-refractivity contribution in [2.24, 2.45) is 0 Å². The lowest BCUT2D eigenvalue weighted by atomic mass is 10.1. The first-order valence-electron chi connectivity index (χ1n) is 8.54. The summed E-state index contributed by atoms with van der Waals surface area (Å²) in [6.07, 6.45) is 3.11. The molecule has 1 saturated heterocycles. The number of amides is 2. The van der Waals surface area contributed by atoms with Crippen LogP contribution in [0.1, 0.15) is 11.1 Å². The van der Waals surface area contributed by atoms with Crippen LogP contribution in [0, 0.1) is 5.82 Å². The molecule has 2 amide bonds. The summed E-state index contributed by atoms with van der Waals surface area (Å²) in [5, 5.41) is -0.339. The van der Waals surface area contributed by atoms with Crippen LogP contribution in [0.25, 0.3) is 6.08 Å². The lowest BCUT2D eigenvalue weighted by Gasteiger charge is -2.13. The molecule has 1 aliphatic heterocycles. The zero-order valence-corrected chi connectivity index (χ0v) is 17.9. The highest BCUT2D eigenvalue weighted by atomic mass is 79.9. The summed E-state index contributed by atoms with van der Waals surface area (Å²) in [6.45, 7) is 3.76. The van der Waals surface area contributed by atoms with Gasteiger partial charge < -0.3 is 9.47 Å². The molecule has 2 aromatic carbocycles. The molecule has 29 heavy (non-hydrogen) atoms. The predicted octanol–water partition coefficient (Wildman–Crippen LogP) is 5.40. The van der Waals surface area contributed by atoms with Crippen LogP contribution >= 0.6 is 27.7 Å². The number of thioether (sulfide) groups is 1. The number of hydrogen-bond acceptors (Lipinski definition) is 5. The van der Waals surface area contributed by atoms with E-state index in [0.29, 0.717) is 32.0 Å². The van der Waals surface area contributed by atoms with Gasteiger partial charge in [0.05, 0.1) is 12.0 Å². The molecule has 0 spiro atoms. The second-order valence-corrected chi connectivity index (χ2v) is 7.83. The van der Waals surface area contributed by atoms with Crippen molar-refractivity contribution in [2.45, 2.75) is 6.61 Å². The van der Waals surface area contributed by atoms with E-state index in [-0.39, 0.29) is 30.1 Å². The van der Waals surface area contributed by atoms with E-state index in [1.807, 2.05) is 0 Å². The number of methoxy groups -OCH3 is 1. The molecule has 0 unspecified atom stereocenters. The minimum atomic E-state index is -0.370. The van der Waals surface area contributed by atoms with Gasteiger partial charge in [0.25, 0.3) is 11.1 Å². The van der Waals surface area contributed by atoms with Gasteiger partial charge in [-0.3, -0.25) is 14.5 Å². The van der Waals surface area contributed by atoms with Gasteiger partial charge in [-0.05, 0) is 41.6 Å². The molecule has 0 saturated carbocycles. The number of rotatable bonds is 7. The van der Waals surface area contributed by atoms with Crippen molar-refractivity contribution in [2.75, 3.05) is 13.7 Å². The van der Waals surface area contributed by atoms with Gasteiger partial charge in [0.15, 0.2) is 11.5 Å². The van der Waals surface area contributed by atoms with Crippen LogP contribution in [-0.4, -0.2) is 29.7 Å². The Labute approximate surface area is 180 Å². The number of nitrogens with zero attached hydrogens (tertiary/aromatic N) is 1. The highest BCUT2D eigenvalue weighted by Gasteiger charge is 2.34. The molecule has 1 heterocycles. The summed E-state index contributed by atoms with van der Waals surface area (Å²) >= 11 is 4.32. The summed E-state index contributed by atoms with van der Waals surface area (Å²) in [6, 6.07) is 9.72. The third kappa shape index (κ3) is 4.71. The number of carbonyl (C=O) groups excluding carboxylic acids is 2. The molecule has 150 valence electrons. The average molecular weight is 478 g/mol. The van der Waals surface area contributed by atoms with Crippen molar-refractivity contribution in [3.8, 4) is 11.5 Å². The largest absolute Gasteiger partial charge is 0.493 e. The topological polar surface area (TPSA) is 55.8 Å². The Kier molecular flexibility index (Phi) is 6.76. The maximum atomic E-state index is 13.8. The Morgan fingerprint density at radius 1 is 1.24 bits per heavy atom. The van der Waals surface area contributed by atoms with E-state index in [4.69, 9.17) is 9.47 Å². The van der Waals surface area contributed by atoms with Crippen LogP contribution in [0.3, 0.4) is 0 Å². The number of carbonyl (C=O) groups is 2. The molecule has 0 radical (unpaired) electrons. The van der Waals surface area contributed by atoms with E-state index in [1.165, 1.54) is 19.3 Å². The Morgan fingerprint density at radius 2 is 2.00 bits per heavy atom. The summed E-state index contributed by atoms with van der Waals surface area (Å²) in [5.41, 5.74) is 1.06. The predicted molar refractivity (Wildman–Crippen MR) is 114 cm³/mol. The molecule has 0 aromatic heterocycles. The number of hydrogen-bond donors (Lipinski definition) is 0. The van der Waals surface area contributed by atoms with E-state index in [9.17, 15) is 14.0 Å². The van der Waals surface area contributed by atoms with E-state index in [0.717, 1.165) is 16.7 Å². The summed E-state index contributed by atoms with van der Waals surface area (Å²) < 4.78 is 25.5. The van der Waals surface area contributed by atoms with Crippen LogP contribution in [-0.2, 0) is 11.4 Å². The first kappa shape index (κ1) is 21.1. The fourth-order valence-electron chi connectivity index (χ4n) is 2.63. The van der Waals surface area contributed by atoms with Crippen LogP contribution in [0.4, 0.5) is 9.18 Å². The molecule has 2 aromatic rings. The summed E-state index contributed by atoms with van der Waals surface area (Å²) in [5.74, 6) is 0.115. The molecule has 1 fully saturated rings. The fourth-order valence-corrected chi connectivity index (χ4v) is 3.91. The normalized spacial score (nSPS) is 15.1. The summed E-state index contributed by atoms with van der Waals surface area (Å²) in [7, 11) is 1.49. The van der Waals surface area contributed by atoms with Gasteiger partial charge in [0.1, 0.15) is 12.4 Å². The van der Waals surface area contributed by atoms with Gasteiger partial charge in [0.2, 0.25) is 0 Å². The number of benzene rings is 2. The average Bonchev–Trinajstić information content (AvgIpc) is 2.96. The highest BCUT2D eigenvalue weighted by molar-refractivity contribution is 9.10. The van der Waals surface area contributed by atoms with Crippen molar-refractivity contribution in [1.29, 1.82) is 0 Å². The maximum absolute atomic E-state index is 13.8. The number of halogens is 2. The van der Waals surface area contributed by atoms with Crippen molar-refractivity contribution in [3.05, 3.63) is 75.4 Å². The molecule has 1 aliphatic rings. The van der Waals surface area contributed by atoms with E-state index in [1.54, 1.807) is 36.4 Å². The highest BCUT2D eigenvalue weighted by Crippen LogP contribution is 2.38. The Balaban J connectivity index is 1.85. The van der Waals surface area contributed by atoms with Crippen molar-refractivity contribution in [1.82, 2.24) is 4.90 Å². The van der Waals surface area contributed by atoms with Crippen LogP contribution in [0.15, 0.2) is 58.4 Å². The maximum Gasteiger partial charge on any atom is 0.293 e. The van der Waals surface area contributed by atoms with Gasteiger partial charge >= 0.3 is 0 Å². The van der Waals surface area contributed by atoms with Crippen molar-refractivity contribution in [3.63, 3.8) is 0 Å². The lowest BCUT2D eigenvalue weighted by Crippen LogP contribution is -2.27. The van der Waals surface area contributed by atoms with Crippen LogP contribution < -0.4 is 9.47 Å². The molecule has 0 bridgehead atoms. The Bertz CT molecular complexity index is 1010. The van der Waals surface area contributed by atoms with Crippen molar-refractivity contribution >= 4 is 44.9 Å². The minimum absolute atomic E-state index is 0.0370. The molecule has 0 N–H and O–H groups in total. The smallest absolute Gasteiger partial charge is 0.293 e.